The molecule has 0 aromatic carbocycles. The van der Waals surface area contributed by atoms with E-state index >= 15 is 0 Å². The van der Waals surface area contributed by atoms with Crippen LogP contribution >= 0.6 is 15.9 Å². The van der Waals surface area contributed by atoms with Crippen LogP contribution in [0.25, 0.3) is 0 Å². The molecule has 0 radical (unpaired) electrons. The molecule has 0 aromatic rings. The van der Waals surface area contributed by atoms with E-state index in [1.807, 2.05) is 0 Å². The van der Waals surface area contributed by atoms with E-state index in [0.717, 1.165) is 5.33 Å². The number of hydrogen-bond donors (Lipinski definition) is 1. The SMILES string of the molecule is NC(=O)CC1CCCCC1CBr. The monoisotopic (exact) mass is 233 g/mol. The highest BCUT2D eigenvalue weighted by atomic mass is 79.9. The van der Waals surface area contributed by atoms with Gasteiger partial charge in [-0.2, -0.15) is 0 Å². The van der Waals surface area contributed by atoms with Crippen LogP contribution in [0.1, 0.15) is 32.1 Å². The molecule has 70 valence electrons. The van der Waals surface area contributed by atoms with Crippen molar-refractivity contribution in [1.29, 1.82) is 0 Å². The van der Waals surface area contributed by atoms with E-state index in [2.05, 4.69) is 15.9 Å². The van der Waals surface area contributed by atoms with Gasteiger partial charge in [0.25, 0.3) is 0 Å². The Labute approximate surface area is 82.0 Å². The highest BCUT2D eigenvalue weighted by Gasteiger charge is 2.25. The molecule has 1 aliphatic carbocycles. The maximum Gasteiger partial charge on any atom is 0.217 e. The highest BCUT2D eigenvalue weighted by molar-refractivity contribution is 9.09. The summed E-state index contributed by atoms with van der Waals surface area (Å²) >= 11 is 3.49. The molecule has 2 N–H and O–H groups in total. The standard InChI is InChI=1S/C9H16BrNO/c10-6-8-4-2-1-3-7(8)5-9(11)12/h7-8H,1-6H2,(H2,11,12). The minimum Gasteiger partial charge on any atom is -0.370 e. The zero-order valence-electron chi connectivity index (χ0n) is 7.26. The topological polar surface area (TPSA) is 43.1 Å². The van der Waals surface area contributed by atoms with Gasteiger partial charge in [-0.25, -0.2) is 0 Å². The van der Waals surface area contributed by atoms with Crippen molar-refractivity contribution >= 4 is 21.8 Å². The number of carbonyl (C=O) groups is 1. The molecule has 0 aliphatic heterocycles. The molecule has 3 heteroatoms. The second kappa shape index (κ2) is 4.85. The lowest BCUT2D eigenvalue weighted by Crippen LogP contribution is -2.26. The molecule has 0 saturated heterocycles. The second-order valence-corrected chi connectivity index (χ2v) is 4.28. The molecule has 1 rings (SSSR count). The predicted octanol–water partition coefficient (Wildman–Crippen LogP) is 2.06. The van der Waals surface area contributed by atoms with Crippen LogP contribution in [0.5, 0.6) is 0 Å². The molecule has 1 saturated carbocycles. The molecule has 0 bridgehead atoms. The van der Waals surface area contributed by atoms with Gasteiger partial charge in [-0.15, -0.1) is 0 Å². The van der Waals surface area contributed by atoms with Crippen molar-refractivity contribution < 1.29 is 4.79 Å². The summed E-state index contributed by atoms with van der Waals surface area (Å²) in [4.78, 5) is 10.7. The van der Waals surface area contributed by atoms with Crippen LogP contribution in [0, 0.1) is 11.8 Å². The van der Waals surface area contributed by atoms with Crippen molar-refractivity contribution in [2.75, 3.05) is 5.33 Å². The Hall–Kier alpha value is -0.0500. The molecule has 2 atom stereocenters. The van der Waals surface area contributed by atoms with Gasteiger partial charge in [0.1, 0.15) is 0 Å². The van der Waals surface area contributed by atoms with Crippen molar-refractivity contribution in [1.82, 2.24) is 0 Å². The molecule has 12 heavy (non-hydrogen) atoms. The van der Waals surface area contributed by atoms with Crippen molar-refractivity contribution in [2.24, 2.45) is 17.6 Å². The summed E-state index contributed by atoms with van der Waals surface area (Å²) in [6.45, 7) is 0. The van der Waals surface area contributed by atoms with Crippen LogP contribution < -0.4 is 5.73 Å². The van der Waals surface area contributed by atoms with E-state index in [-0.39, 0.29) is 5.91 Å². The van der Waals surface area contributed by atoms with Crippen LogP contribution in [0.2, 0.25) is 0 Å². The minimum atomic E-state index is -0.146. The normalized spacial score (nSPS) is 30.1. The summed E-state index contributed by atoms with van der Waals surface area (Å²) in [5, 5.41) is 1.02. The fourth-order valence-corrected chi connectivity index (χ4v) is 2.87. The number of nitrogens with two attached hydrogens (primary N) is 1. The molecule has 0 spiro atoms. The second-order valence-electron chi connectivity index (χ2n) is 3.63. The Kier molecular flexibility index (Phi) is 4.06. The van der Waals surface area contributed by atoms with Crippen LogP contribution in [0.4, 0.5) is 0 Å². The maximum absolute atomic E-state index is 10.7. The fraction of sp³-hybridized carbons (Fsp3) is 0.889. The predicted molar refractivity (Wildman–Crippen MR) is 53.1 cm³/mol. The average Bonchev–Trinajstić information content (AvgIpc) is 2.04. The number of alkyl halides is 1. The Morgan fingerprint density at radius 3 is 2.42 bits per heavy atom. The van der Waals surface area contributed by atoms with E-state index < -0.39 is 0 Å². The molecular weight excluding hydrogens is 218 g/mol. The van der Waals surface area contributed by atoms with Crippen molar-refractivity contribution in [3.05, 3.63) is 0 Å². The molecule has 1 fully saturated rings. The van der Waals surface area contributed by atoms with E-state index in [0.29, 0.717) is 18.3 Å². The molecule has 0 aromatic heterocycles. The highest BCUT2D eigenvalue weighted by Crippen LogP contribution is 2.33. The van der Waals surface area contributed by atoms with Crippen molar-refractivity contribution in [3.63, 3.8) is 0 Å². The van der Waals surface area contributed by atoms with Crippen molar-refractivity contribution in [2.45, 2.75) is 32.1 Å². The smallest absolute Gasteiger partial charge is 0.217 e. The van der Waals surface area contributed by atoms with Gasteiger partial charge < -0.3 is 5.73 Å². The van der Waals surface area contributed by atoms with Gasteiger partial charge >= 0.3 is 0 Å². The summed E-state index contributed by atoms with van der Waals surface area (Å²) in [7, 11) is 0. The van der Waals surface area contributed by atoms with Gasteiger partial charge in [-0.05, 0) is 24.7 Å². The van der Waals surface area contributed by atoms with Gasteiger partial charge in [-0.1, -0.05) is 28.8 Å². The largest absolute Gasteiger partial charge is 0.370 e. The third-order valence-electron chi connectivity index (χ3n) is 2.73. The van der Waals surface area contributed by atoms with E-state index in [4.69, 9.17) is 5.73 Å². The lowest BCUT2D eigenvalue weighted by atomic mass is 9.78. The number of primary amides is 1. The number of halogens is 1. The number of hydrogen-bond acceptors (Lipinski definition) is 1. The van der Waals surface area contributed by atoms with E-state index in [1.54, 1.807) is 0 Å². The Morgan fingerprint density at radius 2 is 1.92 bits per heavy atom. The zero-order valence-corrected chi connectivity index (χ0v) is 8.85. The first-order valence-corrected chi connectivity index (χ1v) is 5.70. The summed E-state index contributed by atoms with van der Waals surface area (Å²) in [5.74, 6) is 1.06. The third kappa shape index (κ3) is 2.77. The summed E-state index contributed by atoms with van der Waals surface area (Å²) in [6, 6.07) is 0. The van der Waals surface area contributed by atoms with Gasteiger partial charge in [0, 0.05) is 11.8 Å². The quantitative estimate of drug-likeness (QED) is 0.746. The van der Waals surface area contributed by atoms with Gasteiger partial charge in [0.05, 0.1) is 0 Å². The molecular formula is C9H16BrNO. The van der Waals surface area contributed by atoms with Crippen LogP contribution in [-0.4, -0.2) is 11.2 Å². The minimum absolute atomic E-state index is 0.146. The number of amides is 1. The Morgan fingerprint density at radius 1 is 1.33 bits per heavy atom. The van der Waals surface area contributed by atoms with Gasteiger partial charge in [0.2, 0.25) is 5.91 Å². The summed E-state index contributed by atoms with van der Waals surface area (Å²) in [6.07, 6.45) is 5.59. The molecule has 1 amide bonds. The Bertz CT molecular complexity index is 161. The number of rotatable bonds is 3. The maximum atomic E-state index is 10.7. The van der Waals surface area contributed by atoms with Crippen LogP contribution in [0.15, 0.2) is 0 Å². The van der Waals surface area contributed by atoms with Crippen molar-refractivity contribution in [3.8, 4) is 0 Å². The van der Waals surface area contributed by atoms with Gasteiger partial charge in [-0.3, -0.25) is 4.79 Å². The van der Waals surface area contributed by atoms with E-state index in [1.165, 1.54) is 25.7 Å². The number of carbonyl (C=O) groups excluding carboxylic acids is 1. The lowest BCUT2D eigenvalue weighted by molar-refractivity contribution is -0.119. The van der Waals surface area contributed by atoms with Crippen LogP contribution in [0.3, 0.4) is 0 Å². The van der Waals surface area contributed by atoms with Crippen LogP contribution in [-0.2, 0) is 4.79 Å². The zero-order chi connectivity index (χ0) is 8.97. The third-order valence-corrected chi connectivity index (χ3v) is 3.56. The summed E-state index contributed by atoms with van der Waals surface area (Å²) < 4.78 is 0. The Balaban J connectivity index is 2.41. The molecule has 2 unspecified atom stereocenters. The first kappa shape index (κ1) is 10.0. The first-order chi connectivity index (χ1) is 5.74. The first-order valence-electron chi connectivity index (χ1n) is 4.58. The molecule has 0 heterocycles. The van der Waals surface area contributed by atoms with Gasteiger partial charge in [0.15, 0.2) is 0 Å². The van der Waals surface area contributed by atoms with E-state index in [9.17, 15) is 4.79 Å². The molecule has 1 aliphatic rings. The molecule has 2 nitrogen and oxygen atoms in total. The lowest BCUT2D eigenvalue weighted by Gasteiger charge is -2.29. The average molecular weight is 234 g/mol. The summed E-state index contributed by atoms with van der Waals surface area (Å²) in [5.41, 5.74) is 5.19. The fourth-order valence-electron chi connectivity index (χ4n) is 2.01.